The summed E-state index contributed by atoms with van der Waals surface area (Å²) < 4.78 is 0. The normalized spacial score (nSPS) is 13.7. The number of nitrogens with one attached hydrogen (secondary N) is 2. The fraction of sp³-hybridized carbons (Fsp3) is 0.304. The third kappa shape index (κ3) is 5.46. The molecule has 0 fully saturated rings. The highest BCUT2D eigenvalue weighted by molar-refractivity contribution is 5.84. The van der Waals surface area contributed by atoms with E-state index in [1.165, 1.54) is 21.7 Å². The minimum atomic E-state index is -0.0475. The molecule has 0 aromatic heterocycles. The Labute approximate surface area is 166 Å². The van der Waals surface area contributed by atoms with E-state index < -0.39 is 0 Å². The second-order valence-electron chi connectivity index (χ2n) is 7.18. The average molecular weight is 377 g/mol. The van der Waals surface area contributed by atoms with Gasteiger partial charge in [-0.2, -0.15) is 0 Å². The summed E-state index contributed by atoms with van der Waals surface area (Å²) in [6.07, 6.45) is 3.30. The molecule has 5 heteroatoms. The van der Waals surface area contributed by atoms with E-state index >= 15 is 0 Å². The molecule has 1 aliphatic rings. The Hall–Kier alpha value is -3.08. The Balaban J connectivity index is 1.45. The molecule has 1 heterocycles. The lowest BCUT2D eigenvalue weighted by Gasteiger charge is -2.29. The van der Waals surface area contributed by atoms with Crippen molar-refractivity contribution in [3.8, 4) is 0 Å². The van der Waals surface area contributed by atoms with Crippen molar-refractivity contribution < 1.29 is 9.59 Å². The van der Waals surface area contributed by atoms with Crippen LogP contribution in [0.1, 0.15) is 35.1 Å². The molecule has 2 amide bonds. The average Bonchev–Trinajstić information content (AvgIpc) is 2.68. The summed E-state index contributed by atoms with van der Waals surface area (Å²) in [5, 5.41) is 4.47. The highest BCUT2D eigenvalue weighted by atomic mass is 16.2. The first-order valence-electron chi connectivity index (χ1n) is 9.68. The fourth-order valence-corrected chi connectivity index (χ4v) is 3.16. The molecule has 28 heavy (non-hydrogen) atoms. The van der Waals surface area contributed by atoms with Crippen LogP contribution in [0.25, 0.3) is 5.70 Å². The molecular weight excluding hydrogens is 350 g/mol. The van der Waals surface area contributed by atoms with Crippen molar-refractivity contribution in [2.24, 2.45) is 0 Å². The molecule has 0 bridgehead atoms. The van der Waals surface area contributed by atoms with Crippen molar-refractivity contribution in [3.63, 3.8) is 0 Å². The maximum absolute atomic E-state index is 12.2. The van der Waals surface area contributed by atoms with Crippen LogP contribution in [0.5, 0.6) is 0 Å². The van der Waals surface area contributed by atoms with Crippen LogP contribution < -0.4 is 10.7 Å². The third-order valence-electron chi connectivity index (χ3n) is 4.78. The first-order valence-corrected chi connectivity index (χ1v) is 9.68. The van der Waals surface area contributed by atoms with Crippen LogP contribution in [0.4, 0.5) is 0 Å². The van der Waals surface area contributed by atoms with Crippen molar-refractivity contribution >= 4 is 17.5 Å². The molecule has 0 saturated heterocycles. The van der Waals surface area contributed by atoms with Gasteiger partial charge in [-0.05, 0) is 37.5 Å². The summed E-state index contributed by atoms with van der Waals surface area (Å²) >= 11 is 0. The van der Waals surface area contributed by atoms with Gasteiger partial charge in [0.2, 0.25) is 11.8 Å². The molecule has 2 aromatic rings. The van der Waals surface area contributed by atoms with E-state index in [1.54, 1.807) is 0 Å². The van der Waals surface area contributed by atoms with E-state index in [0.717, 1.165) is 17.7 Å². The van der Waals surface area contributed by atoms with Crippen molar-refractivity contribution in [1.29, 1.82) is 0 Å². The van der Waals surface area contributed by atoms with Crippen LogP contribution in [0.15, 0.2) is 54.6 Å². The second-order valence-corrected chi connectivity index (χ2v) is 7.18. The number of hydrogen-bond donors (Lipinski definition) is 2. The molecule has 0 atom stereocenters. The fourth-order valence-electron chi connectivity index (χ4n) is 3.16. The van der Waals surface area contributed by atoms with Gasteiger partial charge >= 0.3 is 0 Å². The predicted octanol–water partition coefficient (Wildman–Crippen LogP) is 3.13. The molecule has 0 saturated carbocycles. The van der Waals surface area contributed by atoms with Crippen LogP contribution in [0.3, 0.4) is 0 Å². The highest BCUT2D eigenvalue weighted by Crippen LogP contribution is 2.18. The number of hydrogen-bond acceptors (Lipinski definition) is 3. The molecule has 5 nitrogen and oxygen atoms in total. The smallest absolute Gasteiger partial charge is 0.244 e. The summed E-state index contributed by atoms with van der Waals surface area (Å²) in [6.45, 7) is 5.04. The van der Waals surface area contributed by atoms with Crippen LogP contribution in [-0.4, -0.2) is 29.9 Å². The van der Waals surface area contributed by atoms with Gasteiger partial charge < -0.3 is 5.32 Å². The molecule has 146 valence electrons. The Morgan fingerprint density at radius 1 is 1.11 bits per heavy atom. The van der Waals surface area contributed by atoms with Crippen LogP contribution in [0.2, 0.25) is 0 Å². The number of nitrogens with zero attached hydrogens (tertiary/aromatic N) is 1. The first-order chi connectivity index (χ1) is 13.5. The van der Waals surface area contributed by atoms with Crippen LogP contribution >= 0.6 is 0 Å². The molecular formula is C23H27N3O2. The maximum Gasteiger partial charge on any atom is 0.244 e. The van der Waals surface area contributed by atoms with E-state index in [-0.39, 0.29) is 18.2 Å². The van der Waals surface area contributed by atoms with E-state index in [9.17, 15) is 9.59 Å². The van der Waals surface area contributed by atoms with Gasteiger partial charge in [0.25, 0.3) is 0 Å². The number of aryl methyl sites for hydroxylation is 2. The summed E-state index contributed by atoms with van der Waals surface area (Å²) in [6, 6.07) is 16.4. The summed E-state index contributed by atoms with van der Waals surface area (Å²) in [4.78, 5) is 24.3. The third-order valence-corrected chi connectivity index (χ3v) is 4.78. The van der Waals surface area contributed by atoms with Gasteiger partial charge in [0, 0.05) is 19.4 Å². The largest absolute Gasteiger partial charge is 0.356 e. The summed E-state index contributed by atoms with van der Waals surface area (Å²) in [7, 11) is 0. The van der Waals surface area contributed by atoms with Gasteiger partial charge in [0.05, 0.1) is 12.2 Å². The standard InChI is InChI=1S/C23H27N3O2/c1-17-6-8-20(9-7-17)21-10-11-23(28)26(25-21)15-13-22(27)24-14-12-19-5-3-4-18(2)16-19/h3-10,16,25H,11-15H2,1-2H3,(H,24,27). The van der Waals surface area contributed by atoms with Crippen molar-refractivity contribution in [2.75, 3.05) is 13.1 Å². The van der Waals surface area contributed by atoms with E-state index in [0.29, 0.717) is 19.5 Å². The zero-order valence-electron chi connectivity index (χ0n) is 16.5. The molecule has 2 N–H and O–H groups in total. The number of rotatable bonds is 7. The van der Waals surface area contributed by atoms with Gasteiger partial charge in [0.1, 0.15) is 0 Å². The van der Waals surface area contributed by atoms with Crippen molar-refractivity contribution in [3.05, 3.63) is 76.9 Å². The zero-order chi connectivity index (χ0) is 19.9. The number of benzene rings is 2. The predicted molar refractivity (Wildman–Crippen MR) is 111 cm³/mol. The monoisotopic (exact) mass is 377 g/mol. The minimum Gasteiger partial charge on any atom is -0.356 e. The molecule has 3 rings (SSSR count). The van der Waals surface area contributed by atoms with E-state index in [1.807, 2.05) is 43.3 Å². The molecule has 0 aliphatic carbocycles. The number of carbonyl (C=O) groups is 2. The Kier molecular flexibility index (Phi) is 6.48. The zero-order valence-corrected chi connectivity index (χ0v) is 16.5. The maximum atomic E-state index is 12.2. The Morgan fingerprint density at radius 3 is 2.64 bits per heavy atom. The molecule has 1 aliphatic heterocycles. The van der Waals surface area contributed by atoms with Gasteiger partial charge in [0.15, 0.2) is 0 Å². The van der Waals surface area contributed by atoms with Gasteiger partial charge in [-0.1, -0.05) is 59.7 Å². The molecule has 0 spiro atoms. The Morgan fingerprint density at radius 2 is 1.89 bits per heavy atom. The van der Waals surface area contributed by atoms with Gasteiger partial charge in [-0.15, -0.1) is 0 Å². The second kappa shape index (κ2) is 9.22. The lowest BCUT2D eigenvalue weighted by Crippen LogP contribution is -2.46. The van der Waals surface area contributed by atoms with Gasteiger partial charge in [-0.25, -0.2) is 0 Å². The van der Waals surface area contributed by atoms with Crippen molar-refractivity contribution in [1.82, 2.24) is 15.8 Å². The molecule has 0 unspecified atom stereocenters. The SMILES string of the molecule is Cc1ccc(C2=CCC(=O)N(CCC(=O)NCCc3cccc(C)c3)N2)cc1. The summed E-state index contributed by atoms with van der Waals surface area (Å²) in [5.41, 5.74) is 8.70. The number of hydrazine groups is 1. The number of carbonyl (C=O) groups excluding carboxylic acids is 2. The first kappa shape index (κ1) is 19.7. The minimum absolute atomic E-state index is 0.0246. The lowest BCUT2D eigenvalue weighted by atomic mass is 10.1. The lowest BCUT2D eigenvalue weighted by molar-refractivity contribution is -0.133. The summed E-state index contributed by atoms with van der Waals surface area (Å²) in [5.74, 6) is -0.0721. The number of amides is 2. The quantitative estimate of drug-likeness (QED) is 0.779. The van der Waals surface area contributed by atoms with Crippen LogP contribution in [0, 0.1) is 13.8 Å². The molecule has 0 radical (unpaired) electrons. The Bertz CT molecular complexity index is 872. The van der Waals surface area contributed by atoms with Gasteiger partial charge in [-0.3, -0.25) is 20.0 Å². The van der Waals surface area contributed by atoms with Crippen molar-refractivity contribution in [2.45, 2.75) is 33.1 Å². The van der Waals surface area contributed by atoms with E-state index in [4.69, 9.17) is 0 Å². The van der Waals surface area contributed by atoms with Crippen LogP contribution in [-0.2, 0) is 16.0 Å². The highest BCUT2D eigenvalue weighted by Gasteiger charge is 2.20. The topological polar surface area (TPSA) is 61.4 Å². The van der Waals surface area contributed by atoms with E-state index in [2.05, 4.69) is 35.9 Å². The molecule has 2 aromatic carbocycles.